The maximum atomic E-state index is 12.7. The fraction of sp³-hybridized carbons (Fsp3) is 0.235. The zero-order valence-electron chi connectivity index (χ0n) is 14.4. The van der Waals surface area contributed by atoms with E-state index in [0.717, 1.165) is 10.6 Å². The standard InChI is InChI=1S/C17H18Cl2N2O4S/c1-11(17(22)20-14-7-5-4-6-13(14)19)21(26(3,23)24)15-10-12(18)8-9-16(15)25-2/h4-11H,1-3H3,(H,20,22)/t11-/m1/s1. The lowest BCUT2D eigenvalue weighted by Gasteiger charge is -2.29. The second-order valence-electron chi connectivity index (χ2n) is 5.52. The molecule has 1 amide bonds. The molecule has 0 heterocycles. The van der Waals surface area contributed by atoms with Crippen LogP contribution in [-0.4, -0.2) is 33.7 Å². The highest BCUT2D eigenvalue weighted by atomic mass is 35.5. The van der Waals surface area contributed by atoms with Crippen LogP contribution in [0.15, 0.2) is 42.5 Å². The van der Waals surface area contributed by atoms with Crippen molar-refractivity contribution in [2.45, 2.75) is 13.0 Å². The molecule has 26 heavy (non-hydrogen) atoms. The number of hydrogen-bond donors (Lipinski definition) is 1. The summed E-state index contributed by atoms with van der Waals surface area (Å²) in [7, 11) is -2.41. The van der Waals surface area contributed by atoms with Gasteiger partial charge in [0.2, 0.25) is 15.9 Å². The summed E-state index contributed by atoms with van der Waals surface area (Å²) in [4.78, 5) is 12.7. The largest absolute Gasteiger partial charge is 0.495 e. The highest BCUT2D eigenvalue weighted by Gasteiger charge is 2.31. The molecule has 1 N–H and O–H groups in total. The number of carbonyl (C=O) groups excluding carboxylic acids is 1. The molecule has 0 saturated carbocycles. The van der Waals surface area contributed by atoms with Gasteiger partial charge in [-0.3, -0.25) is 9.10 Å². The number of amides is 1. The Balaban J connectivity index is 2.43. The summed E-state index contributed by atoms with van der Waals surface area (Å²) in [6.07, 6.45) is 1.01. The summed E-state index contributed by atoms with van der Waals surface area (Å²) in [5, 5.41) is 3.29. The smallest absolute Gasteiger partial charge is 0.248 e. The number of rotatable bonds is 6. The molecule has 9 heteroatoms. The van der Waals surface area contributed by atoms with E-state index in [2.05, 4.69) is 5.32 Å². The van der Waals surface area contributed by atoms with E-state index in [1.54, 1.807) is 30.3 Å². The van der Waals surface area contributed by atoms with Gasteiger partial charge in [0.05, 0.1) is 29.8 Å². The van der Waals surface area contributed by atoms with E-state index in [4.69, 9.17) is 27.9 Å². The van der Waals surface area contributed by atoms with E-state index in [0.29, 0.717) is 15.7 Å². The first-order valence-electron chi connectivity index (χ1n) is 7.53. The van der Waals surface area contributed by atoms with Crippen molar-refractivity contribution in [3.8, 4) is 5.75 Å². The van der Waals surface area contributed by atoms with Gasteiger partial charge in [-0.15, -0.1) is 0 Å². The van der Waals surface area contributed by atoms with Gasteiger partial charge < -0.3 is 10.1 Å². The van der Waals surface area contributed by atoms with Crippen LogP contribution in [0.4, 0.5) is 11.4 Å². The third-order valence-electron chi connectivity index (χ3n) is 3.60. The molecule has 0 radical (unpaired) electrons. The van der Waals surface area contributed by atoms with Gasteiger partial charge in [0.1, 0.15) is 11.8 Å². The molecule has 0 spiro atoms. The Labute approximate surface area is 162 Å². The van der Waals surface area contributed by atoms with Crippen LogP contribution in [-0.2, 0) is 14.8 Å². The van der Waals surface area contributed by atoms with E-state index in [9.17, 15) is 13.2 Å². The van der Waals surface area contributed by atoms with Crippen LogP contribution in [0.1, 0.15) is 6.92 Å². The summed E-state index contributed by atoms with van der Waals surface area (Å²) < 4.78 is 31.0. The van der Waals surface area contributed by atoms with Gasteiger partial charge in [-0.05, 0) is 37.3 Å². The van der Waals surface area contributed by atoms with Crippen molar-refractivity contribution < 1.29 is 17.9 Å². The topological polar surface area (TPSA) is 75.7 Å². The third kappa shape index (κ3) is 4.60. The molecule has 0 aromatic heterocycles. The zero-order chi connectivity index (χ0) is 19.5. The number of nitrogens with one attached hydrogen (secondary N) is 1. The molecule has 140 valence electrons. The summed E-state index contributed by atoms with van der Waals surface area (Å²) in [5.74, 6) is -0.275. The quantitative estimate of drug-likeness (QED) is 0.776. The molecule has 0 saturated heterocycles. The van der Waals surface area contributed by atoms with Crippen molar-refractivity contribution >= 4 is 50.5 Å². The number of para-hydroxylation sites is 1. The first-order valence-corrected chi connectivity index (χ1v) is 10.1. The van der Waals surface area contributed by atoms with E-state index >= 15 is 0 Å². The summed E-state index contributed by atoms with van der Waals surface area (Å²) in [6, 6.07) is 10.1. The van der Waals surface area contributed by atoms with Crippen LogP contribution in [0, 0.1) is 0 Å². The Bertz CT molecular complexity index is 919. The predicted molar refractivity (Wildman–Crippen MR) is 105 cm³/mol. The molecule has 0 bridgehead atoms. The predicted octanol–water partition coefficient (Wildman–Crippen LogP) is 3.80. The van der Waals surface area contributed by atoms with Crippen molar-refractivity contribution in [2.24, 2.45) is 0 Å². The molecule has 2 rings (SSSR count). The molecule has 2 aromatic rings. The summed E-state index contributed by atoms with van der Waals surface area (Å²) in [6.45, 7) is 1.47. The molecular formula is C17H18Cl2N2O4S. The number of hydrogen-bond acceptors (Lipinski definition) is 4. The van der Waals surface area contributed by atoms with Crippen LogP contribution in [0.25, 0.3) is 0 Å². The molecule has 0 fully saturated rings. The van der Waals surface area contributed by atoms with Gasteiger partial charge in [-0.25, -0.2) is 8.42 Å². The van der Waals surface area contributed by atoms with Gasteiger partial charge >= 0.3 is 0 Å². The minimum absolute atomic E-state index is 0.171. The maximum absolute atomic E-state index is 12.7. The molecule has 0 aliphatic carbocycles. The second kappa shape index (κ2) is 8.16. The first-order chi connectivity index (χ1) is 12.1. The Morgan fingerprint density at radius 1 is 1.19 bits per heavy atom. The molecule has 0 aliphatic heterocycles. The lowest BCUT2D eigenvalue weighted by Crippen LogP contribution is -2.45. The Kier molecular flexibility index (Phi) is 6.39. The number of sulfonamides is 1. The van der Waals surface area contributed by atoms with Gasteiger partial charge in [-0.1, -0.05) is 35.3 Å². The van der Waals surface area contributed by atoms with Crippen molar-refractivity contribution in [3.63, 3.8) is 0 Å². The lowest BCUT2D eigenvalue weighted by molar-refractivity contribution is -0.116. The zero-order valence-corrected chi connectivity index (χ0v) is 16.7. The van der Waals surface area contributed by atoms with E-state index in [1.165, 1.54) is 26.2 Å². The SMILES string of the molecule is COc1ccc(Cl)cc1N([C@H](C)C(=O)Nc1ccccc1Cl)S(C)(=O)=O. The molecule has 6 nitrogen and oxygen atoms in total. The third-order valence-corrected chi connectivity index (χ3v) is 5.39. The Morgan fingerprint density at radius 3 is 2.42 bits per heavy atom. The fourth-order valence-electron chi connectivity index (χ4n) is 2.42. The number of methoxy groups -OCH3 is 1. The number of anilines is 2. The normalized spacial score (nSPS) is 12.3. The minimum atomic E-state index is -3.81. The number of carbonyl (C=O) groups is 1. The number of nitrogens with zero attached hydrogens (tertiary/aromatic N) is 1. The Hall–Kier alpha value is -1.96. The summed E-state index contributed by atoms with van der Waals surface area (Å²) in [5.41, 5.74) is 0.557. The monoisotopic (exact) mass is 416 g/mol. The van der Waals surface area contributed by atoms with Crippen LogP contribution in [0.5, 0.6) is 5.75 Å². The van der Waals surface area contributed by atoms with Crippen molar-refractivity contribution in [2.75, 3.05) is 23.0 Å². The number of halogens is 2. The van der Waals surface area contributed by atoms with Gasteiger partial charge in [0, 0.05) is 5.02 Å². The maximum Gasteiger partial charge on any atom is 0.248 e. The van der Waals surface area contributed by atoms with E-state index in [-0.39, 0.29) is 11.4 Å². The molecule has 0 aliphatic rings. The molecule has 0 unspecified atom stereocenters. The van der Waals surface area contributed by atoms with E-state index in [1.807, 2.05) is 0 Å². The van der Waals surface area contributed by atoms with Crippen LogP contribution in [0.2, 0.25) is 10.0 Å². The highest BCUT2D eigenvalue weighted by molar-refractivity contribution is 7.92. The highest BCUT2D eigenvalue weighted by Crippen LogP contribution is 2.34. The van der Waals surface area contributed by atoms with Crippen molar-refractivity contribution in [1.82, 2.24) is 0 Å². The van der Waals surface area contributed by atoms with Crippen LogP contribution in [0.3, 0.4) is 0 Å². The van der Waals surface area contributed by atoms with Crippen LogP contribution < -0.4 is 14.4 Å². The Morgan fingerprint density at radius 2 is 1.85 bits per heavy atom. The minimum Gasteiger partial charge on any atom is -0.495 e. The molecule has 1 atom stereocenters. The number of benzene rings is 2. The van der Waals surface area contributed by atoms with Crippen LogP contribution >= 0.6 is 23.2 Å². The second-order valence-corrected chi connectivity index (χ2v) is 8.22. The number of ether oxygens (including phenoxy) is 1. The average molecular weight is 417 g/mol. The first kappa shape index (κ1) is 20.4. The molecular weight excluding hydrogens is 399 g/mol. The van der Waals surface area contributed by atoms with Crippen molar-refractivity contribution in [1.29, 1.82) is 0 Å². The average Bonchev–Trinajstić information content (AvgIpc) is 2.56. The van der Waals surface area contributed by atoms with Crippen molar-refractivity contribution in [3.05, 3.63) is 52.5 Å². The fourth-order valence-corrected chi connectivity index (χ4v) is 3.94. The van der Waals surface area contributed by atoms with Gasteiger partial charge in [-0.2, -0.15) is 0 Å². The molecule has 2 aromatic carbocycles. The van der Waals surface area contributed by atoms with E-state index < -0.39 is 22.0 Å². The summed E-state index contributed by atoms with van der Waals surface area (Å²) >= 11 is 12.1. The lowest BCUT2D eigenvalue weighted by atomic mass is 10.2. The van der Waals surface area contributed by atoms with Gasteiger partial charge in [0.15, 0.2) is 0 Å². The van der Waals surface area contributed by atoms with Gasteiger partial charge in [0.25, 0.3) is 0 Å².